The quantitative estimate of drug-likeness (QED) is 0.516. The highest BCUT2D eigenvalue weighted by atomic mass is 19.1. The first kappa shape index (κ1) is 15.1. The topological polar surface area (TPSA) is 78.5 Å². The average Bonchev–Trinajstić information content (AvgIpc) is 3.03. The summed E-state index contributed by atoms with van der Waals surface area (Å²) in [5.74, 6) is 1.49. The zero-order chi connectivity index (χ0) is 17.5. The molecule has 4 aromatic rings. The molecular formula is C19H17FN6. The molecule has 0 spiro atoms. The van der Waals surface area contributed by atoms with E-state index in [9.17, 15) is 4.39 Å². The van der Waals surface area contributed by atoms with Gasteiger partial charge in [0.15, 0.2) is 5.82 Å². The lowest BCUT2D eigenvalue weighted by Gasteiger charge is -2.31. The minimum absolute atomic E-state index is 0.169. The molecule has 3 N–H and O–H groups in total. The number of pyridine rings is 2. The van der Waals surface area contributed by atoms with Crippen molar-refractivity contribution in [2.75, 3.05) is 10.6 Å². The number of anilines is 3. The number of hydrogen-bond acceptors (Lipinski definition) is 5. The molecule has 0 unspecified atom stereocenters. The van der Waals surface area contributed by atoms with Crippen molar-refractivity contribution < 1.29 is 4.39 Å². The zero-order valence-electron chi connectivity index (χ0n) is 13.9. The maximum atomic E-state index is 13.0. The van der Waals surface area contributed by atoms with Gasteiger partial charge in [-0.1, -0.05) is 0 Å². The van der Waals surface area contributed by atoms with E-state index >= 15 is 0 Å². The summed E-state index contributed by atoms with van der Waals surface area (Å²) in [5, 5.41) is 16.0. The van der Waals surface area contributed by atoms with E-state index < -0.39 is 6.17 Å². The van der Waals surface area contributed by atoms with Gasteiger partial charge >= 0.3 is 0 Å². The minimum atomic E-state index is -0.685. The number of alkyl halides is 1. The van der Waals surface area contributed by atoms with Crippen molar-refractivity contribution in [3.63, 3.8) is 0 Å². The Morgan fingerprint density at radius 1 is 1.04 bits per heavy atom. The second-order valence-electron chi connectivity index (χ2n) is 6.60. The van der Waals surface area contributed by atoms with Crippen LogP contribution < -0.4 is 10.6 Å². The van der Waals surface area contributed by atoms with Crippen molar-refractivity contribution in [1.29, 1.82) is 0 Å². The van der Waals surface area contributed by atoms with Crippen LogP contribution in [0.2, 0.25) is 0 Å². The van der Waals surface area contributed by atoms with Crippen LogP contribution in [0.5, 0.6) is 0 Å². The fourth-order valence-electron chi connectivity index (χ4n) is 3.31. The van der Waals surface area contributed by atoms with Crippen LogP contribution >= 0.6 is 0 Å². The van der Waals surface area contributed by atoms with Crippen LogP contribution in [0, 0.1) is 0 Å². The van der Waals surface area contributed by atoms with Gasteiger partial charge in [0.1, 0.15) is 17.5 Å². The number of halogens is 1. The summed E-state index contributed by atoms with van der Waals surface area (Å²) in [7, 11) is 0. The van der Waals surface area contributed by atoms with Crippen LogP contribution in [0.4, 0.5) is 21.7 Å². The molecule has 3 heterocycles. The van der Waals surface area contributed by atoms with Crippen molar-refractivity contribution in [1.82, 2.24) is 20.2 Å². The molecule has 26 heavy (non-hydrogen) atoms. The smallest absolute Gasteiger partial charge is 0.178 e. The highest BCUT2D eigenvalue weighted by molar-refractivity contribution is 5.95. The van der Waals surface area contributed by atoms with Crippen molar-refractivity contribution >= 4 is 39.1 Å². The lowest BCUT2D eigenvalue weighted by atomic mass is 9.90. The Kier molecular flexibility index (Phi) is 3.44. The molecule has 0 radical (unpaired) electrons. The van der Waals surface area contributed by atoms with E-state index in [1.165, 1.54) is 0 Å². The molecule has 0 atom stereocenters. The Bertz CT molecular complexity index is 1090. The Morgan fingerprint density at radius 3 is 2.85 bits per heavy atom. The van der Waals surface area contributed by atoms with E-state index in [2.05, 4.69) is 30.8 Å². The second-order valence-corrected chi connectivity index (χ2v) is 6.60. The normalized spacial score (nSPS) is 19.4. The molecule has 130 valence electrons. The maximum absolute atomic E-state index is 13.0. The molecule has 1 aromatic carbocycles. The standard InChI is InChI=1S/C19H17FN6/c20-12-9-14(10-12)24-18-15-4-3-13(8-11(15)5-7-22-18)23-19-17-16(25-26-19)2-1-6-21-17/h1-8,12,14H,9-10H2,(H,22,24)(H2,23,25,26). The van der Waals surface area contributed by atoms with Gasteiger partial charge in [-0.25, -0.2) is 9.37 Å². The van der Waals surface area contributed by atoms with E-state index in [1.807, 2.05) is 36.4 Å². The van der Waals surface area contributed by atoms with Crippen LogP contribution in [-0.4, -0.2) is 32.4 Å². The summed E-state index contributed by atoms with van der Waals surface area (Å²) in [6.45, 7) is 0. The van der Waals surface area contributed by atoms with Gasteiger partial charge in [-0.3, -0.25) is 10.1 Å². The fraction of sp³-hybridized carbons (Fsp3) is 0.211. The number of nitrogens with one attached hydrogen (secondary N) is 3. The van der Waals surface area contributed by atoms with Crippen molar-refractivity contribution in [3.8, 4) is 0 Å². The van der Waals surface area contributed by atoms with Gasteiger partial charge in [0.25, 0.3) is 0 Å². The third kappa shape index (κ3) is 2.61. The summed E-state index contributed by atoms with van der Waals surface area (Å²) in [6, 6.07) is 12.0. The summed E-state index contributed by atoms with van der Waals surface area (Å²) in [6.07, 6.45) is 3.94. The molecule has 0 bridgehead atoms. The van der Waals surface area contributed by atoms with Gasteiger partial charge in [0.2, 0.25) is 0 Å². The van der Waals surface area contributed by atoms with Crippen LogP contribution in [0.1, 0.15) is 12.8 Å². The van der Waals surface area contributed by atoms with Crippen LogP contribution in [-0.2, 0) is 0 Å². The Morgan fingerprint density at radius 2 is 1.96 bits per heavy atom. The van der Waals surface area contributed by atoms with Crippen molar-refractivity contribution in [3.05, 3.63) is 48.8 Å². The van der Waals surface area contributed by atoms with E-state index in [0.717, 1.165) is 33.3 Å². The first-order chi connectivity index (χ1) is 12.8. The molecule has 6 nitrogen and oxygen atoms in total. The van der Waals surface area contributed by atoms with E-state index in [1.54, 1.807) is 12.4 Å². The molecule has 0 aliphatic heterocycles. The third-order valence-corrected chi connectivity index (χ3v) is 4.77. The Hall–Kier alpha value is -3.22. The Balaban J connectivity index is 1.44. The number of benzene rings is 1. The van der Waals surface area contributed by atoms with Crippen LogP contribution in [0.15, 0.2) is 48.8 Å². The molecule has 3 aromatic heterocycles. The SMILES string of the molecule is FC1CC(Nc2nccc3cc(Nc4n[nH]c5cccnc45)ccc23)C1. The first-order valence-corrected chi connectivity index (χ1v) is 8.62. The largest absolute Gasteiger partial charge is 0.367 e. The number of fused-ring (bicyclic) bond motifs is 2. The predicted octanol–water partition coefficient (Wildman–Crippen LogP) is 4.16. The lowest BCUT2D eigenvalue weighted by molar-refractivity contribution is 0.192. The zero-order valence-corrected chi connectivity index (χ0v) is 13.9. The molecule has 1 aliphatic carbocycles. The lowest BCUT2D eigenvalue weighted by Crippen LogP contribution is -2.36. The number of hydrogen-bond donors (Lipinski definition) is 3. The van der Waals surface area contributed by atoms with E-state index in [-0.39, 0.29) is 6.04 Å². The fourth-order valence-corrected chi connectivity index (χ4v) is 3.31. The van der Waals surface area contributed by atoms with Crippen molar-refractivity contribution in [2.45, 2.75) is 25.1 Å². The number of aromatic nitrogens is 4. The highest BCUT2D eigenvalue weighted by Crippen LogP contribution is 2.31. The molecule has 1 fully saturated rings. The maximum Gasteiger partial charge on any atom is 0.178 e. The average molecular weight is 348 g/mol. The van der Waals surface area contributed by atoms with Gasteiger partial charge in [0, 0.05) is 29.5 Å². The highest BCUT2D eigenvalue weighted by Gasteiger charge is 2.29. The van der Waals surface area contributed by atoms with Crippen molar-refractivity contribution in [2.24, 2.45) is 0 Å². The van der Waals surface area contributed by atoms with Gasteiger partial charge in [-0.05, 0) is 54.6 Å². The monoisotopic (exact) mass is 348 g/mol. The molecular weight excluding hydrogens is 331 g/mol. The summed E-state index contributed by atoms with van der Waals surface area (Å²) >= 11 is 0. The third-order valence-electron chi connectivity index (χ3n) is 4.77. The number of nitrogens with zero attached hydrogens (tertiary/aromatic N) is 3. The summed E-state index contributed by atoms with van der Waals surface area (Å²) < 4.78 is 13.0. The number of aromatic amines is 1. The first-order valence-electron chi connectivity index (χ1n) is 8.62. The van der Waals surface area contributed by atoms with Gasteiger partial charge < -0.3 is 10.6 Å². The molecule has 1 aliphatic rings. The van der Waals surface area contributed by atoms with Gasteiger partial charge in [-0.2, -0.15) is 5.10 Å². The minimum Gasteiger partial charge on any atom is -0.367 e. The molecule has 0 amide bonds. The summed E-state index contributed by atoms with van der Waals surface area (Å²) in [5.41, 5.74) is 2.61. The molecule has 5 rings (SSSR count). The number of rotatable bonds is 4. The Labute approximate surface area is 148 Å². The van der Waals surface area contributed by atoms with Gasteiger partial charge in [-0.15, -0.1) is 0 Å². The predicted molar refractivity (Wildman–Crippen MR) is 100 cm³/mol. The second kappa shape index (κ2) is 5.94. The van der Waals surface area contributed by atoms with Crippen LogP contribution in [0.3, 0.4) is 0 Å². The van der Waals surface area contributed by atoms with Gasteiger partial charge in [0.05, 0.1) is 5.52 Å². The van der Waals surface area contributed by atoms with E-state index in [4.69, 9.17) is 0 Å². The number of H-pyrrole nitrogens is 1. The molecule has 0 saturated heterocycles. The van der Waals surface area contributed by atoms with E-state index in [0.29, 0.717) is 18.7 Å². The summed E-state index contributed by atoms with van der Waals surface area (Å²) in [4.78, 5) is 8.78. The molecule has 7 heteroatoms. The van der Waals surface area contributed by atoms with Crippen LogP contribution in [0.25, 0.3) is 21.8 Å². The molecule has 1 saturated carbocycles.